The summed E-state index contributed by atoms with van der Waals surface area (Å²) >= 11 is 0. The highest BCUT2D eigenvalue weighted by atomic mass is 32.2. The second-order valence-electron chi connectivity index (χ2n) is 3.74. The van der Waals surface area contributed by atoms with Crippen LogP contribution in [0, 0.1) is 0 Å². The second-order valence-corrected chi connectivity index (χ2v) is 5.16. The van der Waals surface area contributed by atoms with Gasteiger partial charge in [0.15, 0.2) is 0 Å². The van der Waals surface area contributed by atoms with Crippen LogP contribution in [0.3, 0.4) is 0 Å². The third-order valence-electron chi connectivity index (χ3n) is 2.12. The van der Waals surface area contributed by atoms with E-state index in [9.17, 15) is 13.2 Å². The van der Waals surface area contributed by atoms with Gasteiger partial charge in [0.1, 0.15) is 18.1 Å². The molecule has 0 atom stereocenters. The van der Waals surface area contributed by atoms with E-state index in [2.05, 4.69) is 16.7 Å². The number of aromatic nitrogens is 2. The Balaban J connectivity index is 0.000000221. The van der Waals surface area contributed by atoms with Gasteiger partial charge in [0.2, 0.25) is 6.33 Å². The smallest absolute Gasteiger partial charge is 0.279 e. The number of aryl methyl sites for hydroxylation is 1. The number of imidazole rings is 1. The highest BCUT2D eigenvalue weighted by Gasteiger charge is 2.44. The molecule has 0 spiro atoms. The van der Waals surface area contributed by atoms with Gasteiger partial charge in [-0.2, -0.15) is 21.6 Å². The summed E-state index contributed by atoms with van der Waals surface area (Å²) in [4.78, 5) is 0. The molecule has 2 rings (SSSR count). The summed E-state index contributed by atoms with van der Waals surface area (Å²) in [7, 11) is -3.83. The Labute approximate surface area is 113 Å². The fraction of sp³-hybridized carbons (Fsp3) is 0.182. The van der Waals surface area contributed by atoms with E-state index in [1.807, 2.05) is 48.5 Å². The predicted octanol–water partition coefficient (Wildman–Crippen LogP) is 1.70. The molecule has 0 aliphatic carbocycles. The zero-order chi connectivity index (χ0) is 15.4. The Hall–Kier alpha value is -1.87. The van der Waals surface area contributed by atoms with Crippen molar-refractivity contribution < 1.29 is 30.7 Å². The number of hydrogen-bond acceptors (Lipinski definition) is 2. The topological polar surface area (TPSA) is 63.2 Å². The molecule has 0 amide bonds. The Morgan fingerprint density at radius 1 is 1.20 bits per heavy atom. The van der Waals surface area contributed by atoms with Crippen molar-refractivity contribution in [2.75, 3.05) is 0 Å². The van der Waals surface area contributed by atoms with E-state index in [0.717, 1.165) is 0 Å². The van der Waals surface area contributed by atoms with E-state index in [0.29, 0.717) is 0 Å². The minimum atomic E-state index is -5.84. The zero-order valence-corrected chi connectivity index (χ0v) is 11.1. The predicted molar refractivity (Wildman–Crippen MR) is 64.5 cm³/mol. The van der Waals surface area contributed by atoms with Crippen molar-refractivity contribution in [1.82, 2.24) is 4.57 Å². The molecule has 0 fully saturated rings. The van der Waals surface area contributed by atoms with Crippen molar-refractivity contribution in [3.8, 4) is 5.69 Å². The van der Waals surface area contributed by atoms with E-state index in [1.165, 1.54) is 5.69 Å². The highest BCUT2D eigenvalue weighted by molar-refractivity contribution is 7.86. The van der Waals surface area contributed by atoms with Crippen molar-refractivity contribution in [2.45, 2.75) is 5.51 Å². The lowest BCUT2D eigenvalue weighted by Gasteiger charge is -1.97. The first-order chi connectivity index (χ1) is 9.11. The Morgan fingerprint density at radius 3 is 2.05 bits per heavy atom. The molecule has 20 heavy (non-hydrogen) atoms. The Morgan fingerprint density at radius 2 is 1.70 bits per heavy atom. The highest BCUT2D eigenvalue weighted by Crippen LogP contribution is 2.20. The summed E-state index contributed by atoms with van der Waals surface area (Å²) in [5.74, 6) is 0. The molecular formula is C11H12F3N2O3S+. The lowest BCUT2D eigenvalue weighted by atomic mass is 10.3. The minimum Gasteiger partial charge on any atom is -0.279 e. The van der Waals surface area contributed by atoms with Crippen LogP contribution in [-0.2, 0) is 17.2 Å². The van der Waals surface area contributed by atoms with Crippen LogP contribution in [0.25, 0.3) is 5.69 Å². The summed E-state index contributed by atoms with van der Waals surface area (Å²) < 4.78 is 61.6. The zero-order valence-electron chi connectivity index (χ0n) is 10.3. The number of alkyl halides is 3. The molecule has 0 unspecified atom stereocenters. The first kappa shape index (κ1) is 16.2. The molecule has 2 aromatic rings. The van der Waals surface area contributed by atoms with E-state index < -0.39 is 15.6 Å². The molecule has 5 nitrogen and oxygen atoms in total. The minimum absolute atomic E-state index is 1.19. The van der Waals surface area contributed by atoms with Crippen molar-refractivity contribution in [1.29, 1.82) is 0 Å². The van der Waals surface area contributed by atoms with E-state index in [1.54, 1.807) is 0 Å². The monoisotopic (exact) mass is 309 g/mol. The first-order valence-corrected chi connectivity index (χ1v) is 6.67. The molecule has 0 aliphatic rings. The van der Waals surface area contributed by atoms with Crippen LogP contribution < -0.4 is 4.57 Å². The molecule has 0 aliphatic heterocycles. The van der Waals surface area contributed by atoms with E-state index in [4.69, 9.17) is 13.0 Å². The van der Waals surface area contributed by atoms with Crippen LogP contribution in [0.2, 0.25) is 0 Å². The fourth-order valence-corrected chi connectivity index (χ4v) is 1.20. The lowest BCUT2D eigenvalue weighted by molar-refractivity contribution is -0.670. The molecule has 0 bridgehead atoms. The normalized spacial score (nSPS) is 11.7. The van der Waals surface area contributed by atoms with Crippen LogP contribution >= 0.6 is 0 Å². The molecule has 1 aromatic carbocycles. The number of para-hydroxylation sites is 1. The van der Waals surface area contributed by atoms with Gasteiger partial charge in [-0.05, 0) is 12.1 Å². The van der Waals surface area contributed by atoms with Crippen LogP contribution in [0.1, 0.15) is 0 Å². The Kier molecular flexibility index (Phi) is 4.90. The maximum absolute atomic E-state index is 10.7. The summed E-state index contributed by atoms with van der Waals surface area (Å²) in [6.07, 6.45) is 6.09. The molecule has 9 heteroatoms. The van der Waals surface area contributed by atoms with Crippen LogP contribution in [0.5, 0.6) is 0 Å². The van der Waals surface area contributed by atoms with Crippen LogP contribution in [0.15, 0.2) is 49.1 Å². The number of benzene rings is 1. The number of hydrogen-bond donors (Lipinski definition) is 1. The number of nitrogens with zero attached hydrogens (tertiary/aromatic N) is 2. The maximum atomic E-state index is 10.7. The van der Waals surface area contributed by atoms with E-state index >= 15 is 0 Å². The van der Waals surface area contributed by atoms with E-state index in [-0.39, 0.29) is 0 Å². The first-order valence-electron chi connectivity index (χ1n) is 5.23. The quantitative estimate of drug-likeness (QED) is 0.495. The standard InChI is InChI=1S/C10H11N2.CHF3O3S/c1-11-7-8-12(9-11)10-5-3-2-4-6-10;2-1(3,4)8(5,6)7/h2-9H,1H3;(H,5,6,7)/q+1;. The molecule has 110 valence electrons. The number of halogens is 3. The fourth-order valence-electron chi connectivity index (χ4n) is 1.20. The molecule has 1 N–H and O–H groups in total. The summed E-state index contributed by atoms with van der Waals surface area (Å²) in [5, 5.41) is 0. The second kappa shape index (κ2) is 6.06. The molecular weight excluding hydrogens is 297 g/mol. The third kappa shape index (κ3) is 4.67. The van der Waals surface area contributed by atoms with Crippen molar-refractivity contribution >= 4 is 10.1 Å². The van der Waals surface area contributed by atoms with Crippen molar-refractivity contribution in [3.05, 3.63) is 49.1 Å². The van der Waals surface area contributed by atoms with Crippen molar-refractivity contribution in [2.24, 2.45) is 7.05 Å². The summed E-state index contributed by atoms with van der Waals surface area (Å²) in [5.41, 5.74) is -4.34. The molecule has 0 saturated heterocycles. The van der Waals surface area contributed by atoms with Gasteiger partial charge in [0.05, 0.1) is 7.05 Å². The number of rotatable bonds is 1. The lowest BCUT2D eigenvalue weighted by Crippen LogP contribution is -2.23. The Bertz CT molecular complexity index is 651. The van der Waals surface area contributed by atoms with Gasteiger partial charge in [0.25, 0.3) is 0 Å². The van der Waals surface area contributed by atoms with Gasteiger partial charge in [-0.3, -0.25) is 4.55 Å². The molecule has 0 saturated carbocycles. The van der Waals surface area contributed by atoms with Gasteiger partial charge in [-0.25, -0.2) is 9.13 Å². The van der Waals surface area contributed by atoms with Gasteiger partial charge in [0, 0.05) is 0 Å². The molecule has 0 radical (unpaired) electrons. The van der Waals surface area contributed by atoms with Gasteiger partial charge >= 0.3 is 15.6 Å². The SMILES string of the molecule is C[n+]1ccn(-c2ccccc2)c1.O=S(=O)(O)C(F)(F)F. The molecule has 1 aromatic heterocycles. The average Bonchev–Trinajstić information content (AvgIpc) is 2.75. The summed E-state index contributed by atoms with van der Waals surface area (Å²) in [6, 6.07) is 10.3. The largest absolute Gasteiger partial charge is 0.522 e. The van der Waals surface area contributed by atoms with Crippen LogP contribution in [-0.4, -0.2) is 23.0 Å². The molecule has 1 heterocycles. The van der Waals surface area contributed by atoms with Crippen LogP contribution in [0.4, 0.5) is 13.2 Å². The maximum Gasteiger partial charge on any atom is 0.522 e. The third-order valence-corrected chi connectivity index (χ3v) is 2.70. The average molecular weight is 309 g/mol. The summed E-state index contributed by atoms with van der Waals surface area (Å²) in [6.45, 7) is 0. The van der Waals surface area contributed by atoms with Gasteiger partial charge < -0.3 is 0 Å². The van der Waals surface area contributed by atoms with Gasteiger partial charge in [-0.1, -0.05) is 18.2 Å². The van der Waals surface area contributed by atoms with Crippen molar-refractivity contribution in [3.63, 3.8) is 0 Å². The van der Waals surface area contributed by atoms with Gasteiger partial charge in [-0.15, -0.1) is 0 Å².